The van der Waals surface area contributed by atoms with Crippen molar-refractivity contribution in [2.24, 2.45) is 0 Å². The van der Waals surface area contributed by atoms with Crippen LogP contribution in [0.15, 0.2) is 48.5 Å². The molecule has 0 saturated carbocycles. The number of thiazole rings is 1. The first-order valence-electron chi connectivity index (χ1n) is 9.05. The number of ether oxygens (including phenoxy) is 1. The Kier molecular flexibility index (Phi) is 5.51. The molecule has 1 atom stereocenters. The summed E-state index contributed by atoms with van der Waals surface area (Å²) in [5.41, 5.74) is 1.91. The molecule has 1 unspecified atom stereocenters. The second-order valence-corrected chi connectivity index (χ2v) is 8.12. The van der Waals surface area contributed by atoms with Gasteiger partial charge in [-0.05, 0) is 49.2 Å². The van der Waals surface area contributed by atoms with Gasteiger partial charge in [-0.3, -0.25) is 14.9 Å². The Morgan fingerprint density at radius 2 is 1.97 bits per heavy atom. The second-order valence-electron chi connectivity index (χ2n) is 6.60. The molecule has 0 bridgehead atoms. The van der Waals surface area contributed by atoms with Gasteiger partial charge in [0.05, 0.1) is 18.7 Å². The lowest BCUT2D eigenvalue weighted by atomic mass is 10.1. The van der Waals surface area contributed by atoms with E-state index in [0.29, 0.717) is 33.6 Å². The molecule has 4 rings (SSSR count). The van der Waals surface area contributed by atoms with Crippen LogP contribution in [0.1, 0.15) is 33.3 Å². The van der Waals surface area contributed by atoms with E-state index < -0.39 is 0 Å². The number of carbonyl (C=O) groups is 2. The van der Waals surface area contributed by atoms with E-state index in [1.165, 1.54) is 11.3 Å². The summed E-state index contributed by atoms with van der Waals surface area (Å²) in [7, 11) is 1.58. The van der Waals surface area contributed by atoms with E-state index in [1.54, 1.807) is 37.4 Å². The third kappa shape index (κ3) is 4.26. The molecule has 3 aromatic rings. The zero-order valence-electron chi connectivity index (χ0n) is 15.6. The van der Waals surface area contributed by atoms with Crippen LogP contribution in [-0.4, -0.2) is 23.9 Å². The molecule has 8 heteroatoms. The highest BCUT2D eigenvalue weighted by Crippen LogP contribution is 2.39. The van der Waals surface area contributed by atoms with Gasteiger partial charge in [0.2, 0.25) is 5.91 Å². The van der Waals surface area contributed by atoms with Crippen molar-refractivity contribution in [3.63, 3.8) is 0 Å². The van der Waals surface area contributed by atoms with Gasteiger partial charge in [-0.1, -0.05) is 17.7 Å². The Bertz CT molecular complexity index is 1070. The van der Waals surface area contributed by atoms with Crippen molar-refractivity contribution in [2.45, 2.75) is 18.8 Å². The van der Waals surface area contributed by atoms with Gasteiger partial charge in [0.15, 0.2) is 5.13 Å². The highest BCUT2D eigenvalue weighted by molar-refractivity contribution is 7.16. The zero-order valence-corrected chi connectivity index (χ0v) is 17.1. The van der Waals surface area contributed by atoms with E-state index in [4.69, 9.17) is 16.3 Å². The highest BCUT2D eigenvalue weighted by Gasteiger charge is 2.33. The van der Waals surface area contributed by atoms with Crippen molar-refractivity contribution in [3.8, 4) is 5.75 Å². The summed E-state index contributed by atoms with van der Waals surface area (Å²) in [6, 6.07) is 13.9. The predicted molar refractivity (Wildman–Crippen MR) is 114 cm³/mol. The average Bonchev–Trinajstić information content (AvgIpc) is 3.28. The van der Waals surface area contributed by atoms with Crippen LogP contribution >= 0.6 is 22.9 Å². The van der Waals surface area contributed by atoms with Gasteiger partial charge in [0.25, 0.3) is 5.91 Å². The number of rotatable bonds is 5. The summed E-state index contributed by atoms with van der Waals surface area (Å²) < 4.78 is 5.19. The minimum Gasteiger partial charge on any atom is -0.497 e. The SMILES string of the molecule is COc1cccc(NC(=O)C2CCc3sc(NC(=O)c4ccc(Cl)cc4)nc32)c1. The molecule has 2 aromatic carbocycles. The number of nitrogens with zero attached hydrogens (tertiary/aromatic N) is 1. The van der Waals surface area contributed by atoms with E-state index in [2.05, 4.69) is 15.6 Å². The molecule has 0 spiro atoms. The van der Waals surface area contributed by atoms with Gasteiger partial charge in [-0.25, -0.2) is 4.98 Å². The summed E-state index contributed by atoms with van der Waals surface area (Å²) in [5.74, 6) is -0.0336. The quantitative estimate of drug-likeness (QED) is 0.617. The van der Waals surface area contributed by atoms with Gasteiger partial charge < -0.3 is 10.1 Å². The van der Waals surface area contributed by atoms with E-state index >= 15 is 0 Å². The summed E-state index contributed by atoms with van der Waals surface area (Å²) in [5, 5.41) is 6.80. The molecular formula is C21H18ClN3O3S. The Hall–Kier alpha value is -2.90. The standard InChI is InChI=1S/C21H18ClN3O3S/c1-28-15-4-2-3-14(11-15)23-20(27)16-9-10-17-18(16)24-21(29-17)25-19(26)12-5-7-13(22)8-6-12/h2-8,11,16H,9-10H2,1H3,(H,23,27)(H,24,25,26). The van der Waals surface area contributed by atoms with Gasteiger partial charge >= 0.3 is 0 Å². The van der Waals surface area contributed by atoms with Crippen LogP contribution in [0, 0.1) is 0 Å². The molecule has 148 valence electrons. The minimum absolute atomic E-state index is 0.113. The number of hydrogen-bond donors (Lipinski definition) is 2. The molecule has 29 heavy (non-hydrogen) atoms. The lowest BCUT2D eigenvalue weighted by Gasteiger charge is -2.11. The number of amides is 2. The Balaban J connectivity index is 1.46. The fourth-order valence-electron chi connectivity index (χ4n) is 3.24. The van der Waals surface area contributed by atoms with E-state index in [0.717, 1.165) is 17.0 Å². The maximum absolute atomic E-state index is 12.8. The van der Waals surface area contributed by atoms with Crippen molar-refractivity contribution < 1.29 is 14.3 Å². The Labute approximate surface area is 176 Å². The molecule has 0 radical (unpaired) electrons. The molecule has 1 aromatic heterocycles. The fraction of sp³-hybridized carbons (Fsp3) is 0.190. The van der Waals surface area contributed by atoms with Crippen molar-refractivity contribution in [1.29, 1.82) is 0 Å². The molecular weight excluding hydrogens is 410 g/mol. The first-order valence-corrected chi connectivity index (χ1v) is 10.2. The summed E-state index contributed by atoms with van der Waals surface area (Å²) >= 11 is 7.27. The van der Waals surface area contributed by atoms with Gasteiger partial charge in [-0.15, -0.1) is 11.3 Å². The van der Waals surface area contributed by atoms with Gasteiger partial charge in [0, 0.05) is 27.2 Å². The zero-order chi connectivity index (χ0) is 20.4. The van der Waals surface area contributed by atoms with Crippen molar-refractivity contribution in [3.05, 3.63) is 69.7 Å². The molecule has 2 amide bonds. The monoisotopic (exact) mass is 427 g/mol. The second kappa shape index (κ2) is 8.23. The van der Waals surface area contributed by atoms with Crippen LogP contribution in [0.25, 0.3) is 0 Å². The number of aromatic nitrogens is 1. The number of anilines is 2. The van der Waals surface area contributed by atoms with Crippen LogP contribution in [0.5, 0.6) is 5.75 Å². The first kappa shape index (κ1) is 19.4. The largest absolute Gasteiger partial charge is 0.497 e. The molecule has 2 N–H and O–H groups in total. The number of halogens is 1. The number of hydrogen-bond acceptors (Lipinski definition) is 5. The first-order chi connectivity index (χ1) is 14.0. The number of fused-ring (bicyclic) bond motifs is 1. The molecule has 6 nitrogen and oxygen atoms in total. The third-order valence-electron chi connectivity index (χ3n) is 4.70. The molecule has 0 aliphatic heterocycles. The number of aryl methyl sites for hydroxylation is 1. The maximum atomic E-state index is 12.8. The number of carbonyl (C=O) groups excluding carboxylic acids is 2. The minimum atomic E-state index is -0.339. The molecule has 0 fully saturated rings. The Morgan fingerprint density at radius 1 is 1.17 bits per heavy atom. The summed E-state index contributed by atoms with van der Waals surface area (Å²) in [6.45, 7) is 0. The van der Waals surface area contributed by atoms with Crippen LogP contribution in [-0.2, 0) is 11.2 Å². The maximum Gasteiger partial charge on any atom is 0.257 e. The van der Waals surface area contributed by atoms with E-state index in [-0.39, 0.29) is 17.7 Å². The van der Waals surface area contributed by atoms with Gasteiger partial charge in [0.1, 0.15) is 5.75 Å². The van der Waals surface area contributed by atoms with Crippen molar-refractivity contribution in [2.75, 3.05) is 17.7 Å². The third-order valence-corrected chi connectivity index (χ3v) is 6.00. The molecule has 0 saturated heterocycles. The molecule has 1 heterocycles. The summed E-state index contributed by atoms with van der Waals surface area (Å²) in [6.07, 6.45) is 1.47. The molecule has 1 aliphatic rings. The molecule has 1 aliphatic carbocycles. The lowest BCUT2D eigenvalue weighted by molar-refractivity contribution is -0.117. The van der Waals surface area contributed by atoms with Crippen LogP contribution in [0.2, 0.25) is 5.02 Å². The topological polar surface area (TPSA) is 80.3 Å². The number of methoxy groups -OCH3 is 1. The van der Waals surface area contributed by atoms with Crippen LogP contribution in [0.3, 0.4) is 0 Å². The smallest absolute Gasteiger partial charge is 0.257 e. The van der Waals surface area contributed by atoms with Crippen molar-refractivity contribution in [1.82, 2.24) is 4.98 Å². The van der Waals surface area contributed by atoms with Crippen LogP contribution in [0.4, 0.5) is 10.8 Å². The summed E-state index contributed by atoms with van der Waals surface area (Å²) in [4.78, 5) is 30.7. The fourth-order valence-corrected chi connectivity index (χ4v) is 4.40. The normalized spacial score (nSPS) is 14.9. The van der Waals surface area contributed by atoms with E-state index in [1.807, 2.05) is 18.2 Å². The highest BCUT2D eigenvalue weighted by atomic mass is 35.5. The van der Waals surface area contributed by atoms with Gasteiger partial charge in [-0.2, -0.15) is 0 Å². The number of nitrogens with one attached hydrogen (secondary N) is 2. The van der Waals surface area contributed by atoms with Crippen LogP contribution < -0.4 is 15.4 Å². The van der Waals surface area contributed by atoms with Crippen molar-refractivity contribution >= 4 is 45.6 Å². The Morgan fingerprint density at radius 3 is 2.72 bits per heavy atom. The lowest BCUT2D eigenvalue weighted by Crippen LogP contribution is -2.20. The number of benzene rings is 2. The predicted octanol–water partition coefficient (Wildman–Crippen LogP) is 4.73. The van der Waals surface area contributed by atoms with E-state index in [9.17, 15) is 9.59 Å². The average molecular weight is 428 g/mol.